The van der Waals surface area contributed by atoms with Crippen molar-refractivity contribution in [2.24, 2.45) is 0 Å². The van der Waals surface area contributed by atoms with Gasteiger partial charge in [-0.15, -0.1) is 0 Å². The summed E-state index contributed by atoms with van der Waals surface area (Å²) in [4.78, 5) is 28.8. The second-order valence-corrected chi connectivity index (χ2v) is 3.28. The third kappa shape index (κ3) is 2.41. The van der Waals surface area contributed by atoms with E-state index in [-0.39, 0.29) is 33.2 Å². The molecule has 96 valence electrons. The number of nitrogens with one attached hydrogen (secondary N) is 1. The molecular weight excluding hydrogens is 283 g/mol. The van der Waals surface area contributed by atoms with Gasteiger partial charge in [-0.05, 0) is 6.07 Å². The van der Waals surface area contributed by atoms with Gasteiger partial charge < -0.3 is 15.2 Å². The van der Waals surface area contributed by atoms with E-state index in [1.165, 1.54) is 30.6 Å². The molecule has 7 heteroatoms. The fourth-order valence-electron chi connectivity index (χ4n) is 1.57. The first-order valence-electron chi connectivity index (χ1n) is 4.70. The van der Waals surface area contributed by atoms with Crippen molar-refractivity contribution in [1.82, 2.24) is 9.97 Å². The Bertz CT molecular complexity index is 581. The number of carbonyl (C=O) groups is 2. The van der Waals surface area contributed by atoms with Crippen LogP contribution in [0.3, 0.4) is 0 Å². The predicted molar refractivity (Wildman–Crippen MR) is 57.9 cm³/mol. The molecule has 0 bridgehead atoms. The van der Waals surface area contributed by atoms with Crippen LogP contribution in [0.25, 0.3) is 11.4 Å². The number of aromatic carboxylic acids is 2. The molecule has 6 nitrogen and oxygen atoms in total. The molecule has 0 saturated carbocycles. The number of hydrogen-bond donors (Lipinski definition) is 3. The molecule has 1 aromatic carbocycles. The van der Waals surface area contributed by atoms with Crippen LogP contribution in [0.4, 0.5) is 0 Å². The monoisotopic (exact) mass is 290 g/mol. The molecule has 1 heterocycles. The van der Waals surface area contributed by atoms with E-state index in [0.29, 0.717) is 5.82 Å². The van der Waals surface area contributed by atoms with Crippen LogP contribution in [0.2, 0.25) is 0 Å². The van der Waals surface area contributed by atoms with Gasteiger partial charge in [0.2, 0.25) is 0 Å². The summed E-state index contributed by atoms with van der Waals surface area (Å²) in [6, 6.07) is 4.24. The molecule has 0 fully saturated rings. The summed E-state index contributed by atoms with van der Waals surface area (Å²) in [5.74, 6) is -2.25. The van der Waals surface area contributed by atoms with Crippen molar-refractivity contribution in [2.45, 2.75) is 0 Å². The maximum Gasteiger partial charge on any atom is 0.337 e. The molecule has 0 radical (unpaired) electrons. The van der Waals surface area contributed by atoms with Crippen LogP contribution in [0.5, 0.6) is 0 Å². The minimum atomic E-state index is -1.30. The van der Waals surface area contributed by atoms with Crippen LogP contribution in [0, 0.1) is 0 Å². The average Bonchev–Trinajstić information content (AvgIpc) is 2.81. The number of hydrogen-bond acceptors (Lipinski definition) is 3. The third-order valence-corrected chi connectivity index (χ3v) is 2.26. The summed E-state index contributed by atoms with van der Waals surface area (Å²) in [6.45, 7) is 0. The quantitative estimate of drug-likeness (QED) is 0.743. The summed E-state index contributed by atoms with van der Waals surface area (Å²) < 4.78 is 0. The Labute approximate surface area is 112 Å². The van der Waals surface area contributed by atoms with Gasteiger partial charge in [-0.1, -0.05) is 12.1 Å². The Morgan fingerprint density at radius 1 is 1.17 bits per heavy atom. The molecule has 2 aromatic rings. The number of carboxylic acids is 2. The molecule has 0 saturated heterocycles. The van der Waals surface area contributed by atoms with E-state index in [4.69, 9.17) is 10.2 Å². The van der Waals surface area contributed by atoms with Gasteiger partial charge in [0.05, 0.1) is 11.1 Å². The van der Waals surface area contributed by atoms with E-state index in [1.807, 2.05) is 0 Å². The summed E-state index contributed by atoms with van der Waals surface area (Å²) in [5.41, 5.74) is -0.274. The average molecular weight is 291 g/mol. The molecular formula is C11H8N2NiO4. The second-order valence-electron chi connectivity index (χ2n) is 3.28. The van der Waals surface area contributed by atoms with Crippen molar-refractivity contribution in [3.63, 3.8) is 0 Å². The summed E-state index contributed by atoms with van der Waals surface area (Å²) in [6.07, 6.45) is 3.00. The van der Waals surface area contributed by atoms with E-state index >= 15 is 0 Å². The smallest absolute Gasteiger partial charge is 0.337 e. The SMILES string of the molecule is O=C(O)c1cccc(-c2ncc[nH]2)c1C(=O)O.[Ni]. The van der Waals surface area contributed by atoms with E-state index in [0.717, 1.165) is 0 Å². The van der Waals surface area contributed by atoms with E-state index in [2.05, 4.69) is 9.97 Å². The van der Waals surface area contributed by atoms with Crippen LogP contribution in [0.1, 0.15) is 20.7 Å². The van der Waals surface area contributed by atoms with Crippen molar-refractivity contribution in [2.75, 3.05) is 0 Å². The number of carboxylic acid groups (broad SMARTS) is 2. The van der Waals surface area contributed by atoms with Crippen molar-refractivity contribution in [3.8, 4) is 11.4 Å². The molecule has 2 rings (SSSR count). The third-order valence-electron chi connectivity index (χ3n) is 2.26. The van der Waals surface area contributed by atoms with Gasteiger partial charge in [-0.2, -0.15) is 0 Å². The zero-order valence-corrected chi connectivity index (χ0v) is 9.85. The minimum Gasteiger partial charge on any atom is -0.478 e. The number of rotatable bonds is 3. The van der Waals surface area contributed by atoms with Crippen molar-refractivity contribution < 1.29 is 36.3 Å². The van der Waals surface area contributed by atoms with Crippen LogP contribution in [-0.4, -0.2) is 32.1 Å². The fraction of sp³-hybridized carbons (Fsp3) is 0. The van der Waals surface area contributed by atoms with Gasteiger partial charge in [0.1, 0.15) is 5.82 Å². The first-order chi connectivity index (χ1) is 8.11. The maximum absolute atomic E-state index is 11.1. The van der Waals surface area contributed by atoms with Crippen LogP contribution in [-0.2, 0) is 16.5 Å². The van der Waals surface area contributed by atoms with Gasteiger partial charge in [0.15, 0.2) is 0 Å². The predicted octanol–water partition coefficient (Wildman–Crippen LogP) is 1.47. The van der Waals surface area contributed by atoms with Gasteiger partial charge in [-0.25, -0.2) is 14.6 Å². The number of imidazole rings is 1. The molecule has 3 N–H and O–H groups in total. The maximum atomic E-state index is 11.1. The Hall–Kier alpha value is -2.14. The first-order valence-corrected chi connectivity index (χ1v) is 4.70. The summed E-state index contributed by atoms with van der Waals surface area (Å²) >= 11 is 0. The molecule has 0 spiro atoms. The Balaban J connectivity index is 0.00000162. The van der Waals surface area contributed by atoms with Crippen molar-refractivity contribution in [1.29, 1.82) is 0 Å². The number of benzene rings is 1. The van der Waals surface area contributed by atoms with E-state index < -0.39 is 11.9 Å². The van der Waals surface area contributed by atoms with Gasteiger partial charge >= 0.3 is 11.9 Å². The number of aromatic amines is 1. The van der Waals surface area contributed by atoms with Crippen LogP contribution < -0.4 is 0 Å². The Morgan fingerprint density at radius 2 is 1.89 bits per heavy atom. The van der Waals surface area contributed by atoms with Gasteiger partial charge in [0.25, 0.3) is 0 Å². The molecule has 0 aliphatic rings. The van der Waals surface area contributed by atoms with Crippen LogP contribution in [0.15, 0.2) is 30.6 Å². The summed E-state index contributed by atoms with van der Waals surface area (Å²) in [7, 11) is 0. The van der Waals surface area contributed by atoms with Gasteiger partial charge in [0, 0.05) is 34.4 Å². The molecule has 0 aliphatic heterocycles. The molecule has 0 unspecified atom stereocenters. The van der Waals surface area contributed by atoms with Gasteiger partial charge in [-0.3, -0.25) is 0 Å². The van der Waals surface area contributed by atoms with E-state index in [9.17, 15) is 9.59 Å². The molecule has 0 atom stereocenters. The van der Waals surface area contributed by atoms with Crippen LogP contribution >= 0.6 is 0 Å². The first kappa shape index (κ1) is 13.9. The largest absolute Gasteiger partial charge is 0.478 e. The second kappa shape index (κ2) is 5.46. The number of nitrogens with zero attached hydrogens (tertiary/aromatic N) is 1. The Morgan fingerprint density at radius 3 is 2.39 bits per heavy atom. The van der Waals surface area contributed by atoms with Crippen molar-refractivity contribution >= 4 is 11.9 Å². The van der Waals surface area contributed by atoms with Crippen molar-refractivity contribution in [3.05, 3.63) is 41.7 Å². The normalized spacial score (nSPS) is 9.56. The zero-order valence-electron chi connectivity index (χ0n) is 8.86. The number of H-pyrrole nitrogens is 1. The standard InChI is InChI=1S/C11H8N2O4.Ni/c14-10(15)7-3-1-2-6(8(7)11(16)17)9-12-4-5-13-9;/h1-5H,(H,12,13)(H,14,15)(H,16,17);. The summed E-state index contributed by atoms with van der Waals surface area (Å²) in [5, 5.41) is 18.0. The molecule has 1 aromatic heterocycles. The minimum absolute atomic E-state index is 0. The fourth-order valence-corrected chi connectivity index (χ4v) is 1.57. The van der Waals surface area contributed by atoms with E-state index in [1.54, 1.807) is 0 Å². The Kier molecular flexibility index (Phi) is 4.23. The molecule has 18 heavy (non-hydrogen) atoms. The molecule has 0 aliphatic carbocycles. The zero-order chi connectivity index (χ0) is 12.4. The molecule has 0 amide bonds. The number of aromatic nitrogens is 2. The topological polar surface area (TPSA) is 103 Å².